The molecule has 6 heteroatoms. The first-order chi connectivity index (χ1) is 21.8. The molecule has 242 valence electrons. The molecular weight excluding hydrogens is 606 g/mol. The lowest BCUT2D eigenvalue weighted by atomic mass is 9.76. The molecule has 0 nitrogen and oxygen atoms in total. The molecule has 0 spiro atoms. The third-order valence-corrected chi connectivity index (χ3v) is 8.94. The Morgan fingerprint density at radius 2 is 1.21 bits per heavy atom. The van der Waals surface area contributed by atoms with Crippen LogP contribution in [0.4, 0.5) is 26.3 Å². The molecule has 4 aromatic rings. The minimum Gasteiger partial charge on any atom is -0.166 e. The molecule has 0 atom stereocenters. The third kappa shape index (κ3) is 6.10. The van der Waals surface area contributed by atoms with Crippen LogP contribution in [0.2, 0.25) is 0 Å². The maximum absolute atomic E-state index is 14.1. The lowest BCUT2D eigenvalue weighted by Gasteiger charge is -2.28. The highest BCUT2D eigenvalue weighted by Gasteiger charge is 2.34. The second-order valence-electron chi connectivity index (χ2n) is 14.4. The van der Waals surface area contributed by atoms with Gasteiger partial charge in [-0.05, 0) is 120 Å². The number of alkyl halides is 6. The number of rotatable bonds is 3. The molecule has 0 radical (unpaired) electrons. The zero-order valence-electron chi connectivity index (χ0n) is 27.2. The van der Waals surface area contributed by atoms with Crippen molar-refractivity contribution in [2.45, 2.75) is 71.1 Å². The van der Waals surface area contributed by atoms with Crippen molar-refractivity contribution in [3.05, 3.63) is 146 Å². The Morgan fingerprint density at radius 1 is 0.617 bits per heavy atom. The van der Waals surface area contributed by atoms with Crippen LogP contribution < -0.4 is 10.4 Å². The number of hydrogen-bond donors (Lipinski definition) is 0. The summed E-state index contributed by atoms with van der Waals surface area (Å²) < 4.78 is 84.5. The normalized spacial score (nSPS) is 14.5. The fourth-order valence-corrected chi connectivity index (χ4v) is 6.74. The Bertz CT molecular complexity index is 2030. The molecule has 0 N–H and O–H groups in total. The summed E-state index contributed by atoms with van der Waals surface area (Å²) in [7, 11) is 0. The van der Waals surface area contributed by atoms with Gasteiger partial charge in [-0.1, -0.05) is 102 Å². The van der Waals surface area contributed by atoms with Gasteiger partial charge in [0.1, 0.15) is 0 Å². The fourth-order valence-electron chi connectivity index (χ4n) is 6.74. The van der Waals surface area contributed by atoms with Crippen LogP contribution in [0.15, 0.2) is 91.0 Å². The molecule has 4 aromatic carbocycles. The summed E-state index contributed by atoms with van der Waals surface area (Å²) in [5, 5.41) is 1.63. The van der Waals surface area contributed by atoms with Crippen molar-refractivity contribution in [2.75, 3.05) is 0 Å². The van der Waals surface area contributed by atoms with Gasteiger partial charge in [-0.15, -0.1) is 0 Å². The van der Waals surface area contributed by atoms with E-state index in [4.69, 9.17) is 0 Å². The Labute approximate surface area is 271 Å². The summed E-state index contributed by atoms with van der Waals surface area (Å²) in [4.78, 5) is 0. The predicted octanol–water partition coefficient (Wildman–Crippen LogP) is 10.7. The van der Waals surface area contributed by atoms with E-state index in [0.717, 1.165) is 62.9 Å². The van der Waals surface area contributed by atoms with Gasteiger partial charge in [-0.25, -0.2) is 0 Å². The molecule has 0 bridgehead atoms. The van der Waals surface area contributed by atoms with E-state index in [2.05, 4.69) is 57.2 Å². The molecule has 0 heterocycles. The van der Waals surface area contributed by atoms with Gasteiger partial charge in [0.05, 0.1) is 11.1 Å². The summed E-state index contributed by atoms with van der Waals surface area (Å²) >= 11 is 0. The highest BCUT2D eigenvalue weighted by atomic mass is 19.4. The van der Waals surface area contributed by atoms with Gasteiger partial charge in [0.25, 0.3) is 0 Å². The second kappa shape index (κ2) is 11.1. The summed E-state index contributed by atoms with van der Waals surface area (Å²) in [6, 6.07) is 18.1. The van der Waals surface area contributed by atoms with Crippen LogP contribution in [0.5, 0.6) is 0 Å². The first kappa shape index (κ1) is 32.6. The van der Waals surface area contributed by atoms with Gasteiger partial charge in [0.15, 0.2) is 0 Å². The van der Waals surface area contributed by atoms with E-state index in [1.54, 1.807) is 12.1 Å². The maximum Gasteiger partial charge on any atom is 0.416 e. The number of benzene rings is 4. The molecule has 0 amide bonds. The minimum absolute atomic E-state index is 0.0892. The van der Waals surface area contributed by atoms with Crippen LogP contribution in [0.1, 0.15) is 92.5 Å². The van der Waals surface area contributed by atoms with Crippen molar-refractivity contribution in [1.82, 2.24) is 0 Å². The number of allylic oxidation sites excluding steroid dienone is 4. The first-order valence-corrected chi connectivity index (χ1v) is 15.6. The van der Waals surface area contributed by atoms with E-state index in [1.807, 2.05) is 32.9 Å². The lowest BCUT2D eigenvalue weighted by Crippen LogP contribution is -2.32. The zero-order valence-corrected chi connectivity index (χ0v) is 27.2. The fraction of sp³-hybridized carbons (Fsp3) is 0.268. The molecule has 2 aliphatic carbocycles. The SMILES string of the molecule is CC(C)(C)c1ccc2c(c1)C=c1c-2cc(=C(c2cccc(C(F)(F)F)c2)c2cccc(C(F)(F)F)c2)c(C(C)(C)C)c1C1=CC=CC1. The van der Waals surface area contributed by atoms with Crippen molar-refractivity contribution < 1.29 is 26.3 Å². The quantitative estimate of drug-likeness (QED) is 0.172. The average molecular weight is 643 g/mol. The Balaban J connectivity index is 1.84. The van der Waals surface area contributed by atoms with Crippen molar-refractivity contribution in [2.24, 2.45) is 0 Å². The largest absolute Gasteiger partial charge is 0.416 e. The Hall–Kier alpha value is -4.32. The van der Waals surface area contributed by atoms with E-state index < -0.39 is 28.9 Å². The molecule has 0 unspecified atom stereocenters. The summed E-state index contributed by atoms with van der Waals surface area (Å²) in [6.07, 6.45) is -0.315. The van der Waals surface area contributed by atoms with Crippen LogP contribution in [0.3, 0.4) is 0 Å². The summed E-state index contributed by atoms with van der Waals surface area (Å²) in [5.41, 5.74) is 5.33. The topological polar surface area (TPSA) is 0 Å². The molecule has 0 fully saturated rings. The lowest BCUT2D eigenvalue weighted by molar-refractivity contribution is -0.138. The highest BCUT2D eigenvalue weighted by molar-refractivity contribution is 5.91. The van der Waals surface area contributed by atoms with Crippen molar-refractivity contribution in [3.8, 4) is 11.1 Å². The molecule has 2 aliphatic rings. The second-order valence-corrected chi connectivity index (χ2v) is 14.4. The maximum atomic E-state index is 14.1. The highest BCUT2D eigenvalue weighted by Crippen LogP contribution is 2.39. The number of halogens is 6. The van der Waals surface area contributed by atoms with Crippen molar-refractivity contribution in [1.29, 1.82) is 0 Å². The molecule has 0 aromatic heterocycles. The van der Waals surface area contributed by atoms with Crippen LogP contribution in [-0.4, -0.2) is 0 Å². The monoisotopic (exact) mass is 642 g/mol. The zero-order chi connectivity index (χ0) is 34.1. The summed E-state index contributed by atoms with van der Waals surface area (Å²) in [6.45, 7) is 12.6. The Morgan fingerprint density at radius 3 is 1.70 bits per heavy atom. The van der Waals surface area contributed by atoms with Gasteiger partial charge in [-0.2, -0.15) is 26.3 Å². The molecule has 47 heavy (non-hydrogen) atoms. The van der Waals surface area contributed by atoms with Gasteiger partial charge >= 0.3 is 12.4 Å². The molecule has 0 saturated carbocycles. The average Bonchev–Trinajstić information content (AvgIpc) is 3.63. The smallest absolute Gasteiger partial charge is 0.166 e. The van der Waals surface area contributed by atoms with E-state index in [0.29, 0.717) is 17.2 Å². The molecule has 0 saturated heterocycles. The summed E-state index contributed by atoms with van der Waals surface area (Å²) in [5.74, 6) is 0. The van der Waals surface area contributed by atoms with Crippen molar-refractivity contribution >= 4 is 17.2 Å². The van der Waals surface area contributed by atoms with Gasteiger partial charge in [0.2, 0.25) is 0 Å². The first-order valence-electron chi connectivity index (χ1n) is 15.6. The molecule has 0 aliphatic heterocycles. The number of hydrogen-bond acceptors (Lipinski definition) is 0. The van der Waals surface area contributed by atoms with Gasteiger partial charge in [0, 0.05) is 0 Å². The van der Waals surface area contributed by atoms with E-state index in [1.165, 1.54) is 17.7 Å². The van der Waals surface area contributed by atoms with Crippen LogP contribution in [0, 0.1) is 0 Å². The van der Waals surface area contributed by atoms with Crippen LogP contribution in [0.25, 0.3) is 28.3 Å². The third-order valence-electron chi connectivity index (χ3n) is 8.94. The van der Waals surface area contributed by atoms with Crippen LogP contribution >= 0.6 is 0 Å². The van der Waals surface area contributed by atoms with Crippen molar-refractivity contribution in [3.63, 3.8) is 0 Å². The Kier molecular flexibility index (Phi) is 7.73. The standard InChI is InChI=1S/C41H36F6/c1-38(2,3)28-17-18-31-27(21-28)22-33-32(31)23-34(37(39(4,5)6)36(33)24-11-7-8-12-24)35(25-13-9-15-29(19-25)40(42,43)44)26-14-10-16-30(20-26)41(45,46)47/h7-11,13-23H,12H2,1-6H3. The van der Waals surface area contributed by atoms with Gasteiger partial charge in [-0.3, -0.25) is 0 Å². The number of fused-ring (bicyclic) bond motifs is 3. The van der Waals surface area contributed by atoms with Crippen LogP contribution in [-0.2, 0) is 23.2 Å². The molecular formula is C41H36F6. The van der Waals surface area contributed by atoms with E-state index in [9.17, 15) is 26.3 Å². The predicted molar refractivity (Wildman–Crippen MR) is 178 cm³/mol. The van der Waals surface area contributed by atoms with Gasteiger partial charge < -0.3 is 0 Å². The van der Waals surface area contributed by atoms with E-state index >= 15 is 0 Å². The molecule has 6 rings (SSSR count). The van der Waals surface area contributed by atoms with E-state index in [-0.39, 0.29) is 16.5 Å². The minimum atomic E-state index is -4.64.